The Labute approximate surface area is 114 Å². The molecular weight excluding hydrogens is 243 g/mol. The number of nitrogens with zero attached hydrogens (tertiary/aromatic N) is 1. The Morgan fingerprint density at radius 2 is 2.26 bits per heavy atom. The maximum Gasteiger partial charge on any atom is 0.146 e. The number of ether oxygens (including phenoxy) is 1. The van der Waals surface area contributed by atoms with Gasteiger partial charge in [-0.05, 0) is 25.1 Å². The van der Waals surface area contributed by atoms with Gasteiger partial charge in [0, 0.05) is 32.2 Å². The van der Waals surface area contributed by atoms with Crippen LogP contribution in [0.15, 0.2) is 24.3 Å². The smallest absolute Gasteiger partial charge is 0.146 e. The van der Waals surface area contributed by atoms with Crippen LogP contribution < -0.4 is 10.2 Å². The van der Waals surface area contributed by atoms with Crippen molar-refractivity contribution in [1.29, 1.82) is 0 Å². The van der Waals surface area contributed by atoms with E-state index in [9.17, 15) is 4.39 Å². The predicted octanol–water partition coefficient (Wildman–Crippen LogP) is 2.28. The molecule has 0 aliphatic carbocycles. The van der Waals surface area contributed by atoms with Gasteiger partial charge in [0.05, 0.1) is 12.3 Å². The molecule has 0 amide bonds. The number of nitrogens with one attached hydrogen (secondary N) is 1. The molecule has 2 rings (SSSR count). The SMILES string of the molecule is CCNC(CN(C)c1ccccc1F)C1CCOC1. The third-order valence-electron chi connectivity index (χ3n) is 3.73. The Hall–Kier alpha value is -1.13. The fourth-order valence-electron chi connectivity index (χ4n) is 2.67. The highest BCUT2D eigenvalue weighted by Gasteiger charge is 2.26. The monoisotopic (exact) mass is 266 g/mol. The first kappa shape index (κ1) is 14.3. The summed E-state index contributed by atoms with van der Waals surface area (Å²) in [4.78, 5) is 1.99. The lowest BCUT2D eigenvalue weighted by Crippen LogP contribution is -2.45. The molecule has 19 heavy (non-hydrogen) atoms. The van der Waals surface area contributed by atoms with Gasteiger partial charge >= 0.3 is 0 Å². The summed E-state index contributed by atoms with van der Waals surface area (Å²) in [6.45, 7) is 5.47. The van der Waals surface area contributed by atoms with E-state index in [4.69, 9.17) is 4.74 Å². The van der Waals surface area contributed by atoms with E-state index in [0.717, 1.165) is 32.7 Å². The zero-order valence-electron chi connectivity index (χ0n) is 11.7. The Bertz CT molecular complexity index is 393. The van der Waals surface area contributed by atoms with Crippen LogP contribution in [0.3, 0.4) is 0 Å². The highest BCUT2D eigenvalue weighted by Crippen LogP contribution is 2.21. The second-order valence-corrected chi connectivity index (χ2v) is 5.12. The molecule has 1 aromatic carbocycles. The molecule has 3 nitrogen and oxygen atoms in total. The summed E-state index contributed by atoms with van der Waals surface area (Å²) in [5, 5.41) is 3.50. The van der Waals surface area contributed by atoms with Gasteiger partial charge in [-0.25, -0.2) is 4.39 Å². The van der Waals surface area contributed by atoms with Gasteiger partial charge in [-0.1, -0.05) is 19.1 Å². The van der Waals surface area contributed by atoms with Crippen LogP contribution in [0.25, 0.3) is 0 Å². The second-order valence-electron chi connectivity index (χ2n) is 5.12. The number of benzene rings is 1. The van der Waals surface area contributed by atoms with Gasteiger partial charge in [-0.15, -0.1) is 0 Å². The van der Waals surface area contributed by atoms with Crippen LogP contribution in [0.5, 0.6) is 0 Å². The molecular formula is C15H23FN2O. The fourth-order valence-corrected chi connectivity index (χ4v) is 2.67. The number of hydrogen-bond acceptors (Lipinski definition) is 3. The minimum Gasteiger partial charge on any atom is -0.381 e. The fraction of sp³-hybridized carbons (Fsp3) is 0.600. The second kappa shape index (κ2) is 6.87. The largest absolute Gasteiger partial charge is 0.381 e. The average Bonchev–Trinajstić information content (AvgIpc) is 2.92. The minimum absolute atomic E-state index is 0.164. The van der Waals surface area contributed by atoms with Crippen molar-refractivity contribution < 1.29 is 9.13 Å². The van der Waals surface area contributed by atoms with E-state index >= 15 is 0 Å². The molecule has 0 radical (unpaired) electrons. The summed E-state index contributed by atoms with van der Waals surface area (Å²) in [5.41, 5.74) is 0.657. The molecule has 0 bridgehead atoms. The highest BCUT2D eigenvalue weighted by atomic mass is 19.1. The number of hydrogen-bond donors (Lipinski definition) is 1. The van der Waals surface area contributed by atoms with Crippen LogP contribution in [0.4, 0.5) is 10.1 Å². The Morgan fingerprint density at radius 3 is 2.89 bits per heavy atom. The van der Waals surface area contributed by atoms with E-state index in [1.807, 2.05) is 24.1 Å². The van der Waals surface area contributed by atoms with E-state index in [0.29, 0.717) is 17.6 Å². The van der Waals surface area contributed by atoms with Crippen molar-refractivity contribution >= 4 is 5.69 Å². The maximum atomic E-state index is 13.8. The number of halogens is 1. The molecule has 4 heteroatoms. The molecule has 1 heterocycles. The van der Waals surface area contributed by atoms with E-state index < -0.39 is 0 Å². The Balaban J connectivity index is 2.02. The minimum atomic E-state index is -0.164. The third kappa shape index (κ3) is 3.67. The van der Waals surface area contributed by atoms with Crippen molar-refractivity contribution in [3.63, 3.8) is 0 Å². The van der Waals surface area contributed by atoms with Crippen LogP contribution in [0.1, 0.15) is 13.3 Å². The van der Waals surface area contributed by atoms with Crippen molar-refractivity contribution in [2.75, 3.05) is 38.3 Å². The molecule has 1 fully saturated rings. The quantitative estimate of drug-likeness (QED) is 0.855. The molecule has 2 atom stereocenters. The summed E-state index contributed by atoms with van der Waals surface area (Å²) in [7, 11) is 1.94. The van der Waals surface area contributed by atoms with Crippen LogP contribution in [-0.4, -0.2) is 39.4 Å². The van der Waals surface area contributed by atoms with Crippen LogP contribution in [0, 0.1) is 11.7 Å². The molecule has 1 aromatic rings. The number of anilines is 1. The van der Waals surface area contributed by atoms with E-state index in [1.54, 1.807) is 6.07 Å². The van der Waals surface area contributed by atoms with Crippen molar-refractivity contribution in [2.45, 2.75) is 19.4 Å². The maximum absolute atomic E-state index is 13.8. The lowest BCUT2D eigenvalue weighted by molar-refractivity contribution is 0.177. The van der Waals surface area contributed by atoms with Gasteiger partial charge in [0.2, 0.25) is 0 Å². The lowest BCUT2D eigenvalue weighted by Gasteiger charge is -2.29. The van der Waals surface area contributed by atoms with Crippen LogP contribution in [-0.2, 0) is 4.74 Å². The molecule has 1 aliphatic heterocycles. The topological polar surface area (TPSA) is 24.5 Å². The molecule has 0 aromatic heterocycles. The molecule has 106 valence electrons. The van der Waals surface area contributed by atoms with Crippen molar-refractivity contribution in [2.24, 2.45) is 5.92 Å². The lowest BCUT2D eigenvalue weighted by atomic mass is 9.98. The highest BCUT2D eigenvalue weighted by molar-refractivity contribution is 5.46. The van der Waals surface area contributed by atoms with Crippen LogP contribution in [0.2, 0.25) is 0 Å². The van der Waals surface area contributed by atoms with Crippen molar-refractivity contribution in [3.05, 3.63) is 30.1 Å². The van der Waals surface area contributed by atoms with Gasteiger partial charge in [0.1, 0.15) is 5.82 Å². The van der Waals surface area contributed by atoms with Gasteiger partial charge in [-0.2, -0.15) is 0 Å². The first-order valence-electron chi connectivity index (χ1n) is 6.99. The van der Waals surface area contributed by atoms with E-state index in [-0.39, 0.29) is 5.82 Å². The summed E-state index contributed by atoms with van der Waals surface area (Å²) in [6, 6.07) is 7.27. The average molecular weight is 266 g/mol. The summed E-state index contributed by atoms with van der Waals surface area (Å²) in [6.07, 6.45) is 1.09. The van der Waals surface area contributed by atoms with E-state index in [1.165, 1.54) is 6.07 Å². The number of para-hydroxylation sites is 1. The van der Waals surface area contributed by atoms with Gasteiger partial charge in [-0.3, -0.25) is 0 Å². The molecule has 1 aliphatic rings. The van der Waals surface area contributed by atoms with Crippen molar-refractivity contribution in [1.82, 2.24) is 5.32 Å². The number of rotatable bonds is 6. The molecule has 2 unspecified atom stereocenters. The summed E-state index contributed by atoms with van der Waals surface area (Å²) in [5.74, 6) is 0.358. The third-order valence-corrected chi connectivity index (χ3v) is 3.73. The molecule has 0 spiro atoms. The first-order chi connectivity index (χ1) is 9.22. The Kier molecular flexibility index (Phi) is 5.16. The number of likely N-dealkylation sites (N-methyl/N-ethyl adjacent to an activating group) is 2. The van der Waals surface area contributed by atoms with Gasteiger partial charge < -0.3 is 15.0 Å². The van der Waals surface area contributed by atoms with Gasteiger partial charge in [0.25, 0.3) is 0 Å². The molecule has 1 saturated heterocycles. The van der Waals surface area contributed by atoms with Crippen LogP contribution >= 0.6 is 0 Å². The molecule has 0 saturated carbocycles. The standard InChI is InChI=1S/C15H23FN2O/c1-3-17-14(12-8-9-19-11-12)10-18(2)15-7-5-4-6-13(15)16/h4-7,12,14,17H,3,8-11H2,1-2H3. The first-order valence-corrected chi connectivity index (χ1v) is 6.99. The van der Waals surface area contributed by atoms with E-state index in [2.05, 4.69) is 12.2 Å². The normalized spacial score (nSPS) is 20.5. The Morgan fingerprint density at radius 1 is 1.47 bits per heavy atom. The summed E-state index contributed by atoms with van der Waals surface area (Å²) >= 11 is 0. The predicted molar refractivity (Wildman–Crippen MR) is 76.1 cm³/mol. The zero-order valence-corrected chi connectivity index (χ0v) is 11.7. The molecule has 1 N–H and O–H groups in total. The van der Waals surface area contributed by atoms with Gasteiger partial charge in [0.15, 0.2) is 0 Å². The van der Waals surface area contributed by atoms with Crippen molar-refractivity contribution in [3.8, 4) is 0 Å². The summed E-state index contributed by atoms with van der Waals surface area (Å²) < 4.78 is 19.2. The zero-order chi connectivity index (χ0) is 13.7.